The third kappa shape index (κ3) is 3.13. The number of nitrogens with zero attached hydrogens (tertiary/aromatic N) is 1. The highest BCUT2D eigenvalue weighted by Crippen LogP contribution is 2.68. The van der Waals surface area contributed by atoms with Crippen molar-refractivity contribution in [3.8, 4) is 0 Å². The summed E-state index contributed by atoms with van der Waals surface area (Å²) in [5, 5.41) is 0. The molecule has 1 aliphatic rings. The predicted octanol–water partition coefficient (Wildman–Crippen LogP) is 3.89. The van der Waals surface area contributed by atoms with Crippen LogP contribution < -0.4 is 0 Å². The Morgan fingerprint density at radius 3 is 2.12 bits per heavy atom. The van der Waals surface area contributed by atoms with Crippen LogP contribution in [-0.4, -0.2) is 28.5 Å². The summed E-state index contributed by atoms with van der Waals surface area (Å²) in [7, 11) is -2.09. The third-order valence-electron chi connectivity index (χ3n) is 4.12. The van der Waals surface area contributed by atoms with Crippen molar-refractivity contribution in [2.45, 2.75) is 23.6 Å². The van der Waals surface area contributed by atoms with Gasteiger partial charge in [-0.25, -0.2) is 4.21 Å². The van der Waals surface area contributed by atoms with Gasteiger partial charge in [0.1, 0.15) is 16.8 Å². The molecular weight excluding hydrogens is 345 g/mol. The lowest BCUT2D eigenvalue weighted by molar-refractivity contribution is 0.271. The Kier molecular flexibility index (Phi) is 5.04. The first-order valence-electron chi connectivity index (χ1n) is 7.55. The van der Waals surface area contributed by atoms with E-state index in [2.05, 4.69) is 0 Å². The van der Waals surface area contributed by atoms with Crippen molar-refractivity contribution >= 4 is 18.6 Å². The normalized spacial score (nSPS) is 24.5. The van der Waals surface area contributed by atoms with E-state index in [0.717, 1.165) is 11.1 Å². The van der Waals surface area contributed by atoms with Gasteiger partial charge in [0.25, 0.3) is 0 Å². The second-order valence-corrected chi connectivity index (χ2v) is 9.33. The van der Waals surface area contributed by atoms with E-state index in [1.807, 2.05) is 61.5 Å². The Labute approximate surface area is 144 Å². The molecule has 0 aliphatic carbocycles. The minimum atomic E-state index is -3.37. The Hall–Kier alpha value is -1.30. The van der Waals surface area contributed by atoms with Gasteiger partial charge >= 0.3 is 7.60 Å². The summed E-state index contributed by atoms with van der Waals surface area (Å²) in [4.78, 5) is 0.669. The number of hydrogen-bond donors (Lipinski definition) is 0. The summed E-state index contributed by atoms with van der Waals surface area (Å²) in [6.07, 6.45) is 0. The van der Waals surface area contributed by atoms with Gasteiger partial charge in [0.15, 0.2) is 0 Å². The van der Waals surface area contributed by atoms with Crippen LogP contribution in [0.1, 0.15) is 17.2 Å². The van der Waals surface area contributed by atoms with Crippen molar-refractivity contribution in [1.29, 1.82) is 0 Å². The van der Waals surface area contributed by atoms with Crippen LogP contribution in [0.5, 0.6) is 0 Å². The van der Waals surface area contributed by atoms with Crippen LogP contribution in [-0.2, 0) is 24.6 Å². The van der Waals surface area contributed by atoms with Gasteiger partial charge in [0, 0.05) is 14.2 Å². The van der Waals surface area contributed by atoms with Gasteiger partial charge in [-0.2, -0.15) is 4.31 Å². The highest BCUT2D eigenvalue weighted by molar-refractivity contribution is 7.83. The van der Waals surface area contributed by atoms with Crippen molar-refractivity contribution in [3.05, 3.63) is 65.7 Å². The van der Waals surface area contributed by atoms with Gasteiger partial charge in [-0.05, 0) is 24.6 Å². The van der Waals surface area contributed by atoms with Gasteiger partial charge < -0.3 is 9.05 Å². The molecule has 0 radical (unpaired) electrons. The van der Waals surface area contributed by atoms with Gasteiger partial charge in [0.2, 0.25) is 0 Å². The SMILES string of the molecule is COP(=O)(OC)[C@H]1[C@@H](c2ccccc2)N1S(=O)c1ccc(C)cc1. The smallest absolute Gasteiger partial charge is 0.311 e. The average molecular weight is 365 g/mol. The molecule has 1 heterocycles. The minimum absolute atomic E-state index is 0.265. The molecule has 5 nitrogen and oxygen atoms in total. The lowest BCUT2D eigenvalue weighted by Gasteiger charge is -2.13. The standard InChI is InChI=1S/C17H20NO4PS/c1-13-9-11-15(12-10-13)24(20)18-16(14-7-5-4-6-8-14)17(18)23(19,21-2)22-3/h4-12,16-17H,1-3H3/t16-,17+,18?,24?/m1/s1. The molecule has 2 aromatic carbocycles. The number of hydrogen-bond acceptors (Lipinski definition) is 4. The van der Waals surface area contributed by atoms with E-state index >= 15 is 0 Å². The van der Waals surface area contributed by atoms with Gasteiger partial charge in [0.05, 0.1) is 10.9 Å². The topological polar surface area (TPSA) is 55.6 Å². The van der Waals surface area contributed by atoms with Crippen molar-refractivity contribution in [3.63, 3.8) is 0 Å². The van der Waals surface area contributed by atoms with E-state index < -0.39 is 24.4 Å². The minimum Gasteiger partial charge on any atom is -0.311 e. The molecule has 0 amide bonds. The average Bonchev–Trinajstić information content (AvgIpc) is 3.38. The third-order valence-corrected chi connectivity index (χ3v) is 7.98. The van der Waals surface area contributed by atoms with E-state index in [1.54, 1.807) is 4.31 Å². The fourth-order valence-electron chi connectivity index (χ4n) is 2.75. The molecule has 0 aromatic heterocycles. The molecule has 3 rings (SSSR count). The largest absolute Gasteiger partial charge is 0.350 e. The van der Waals surface area contributed by atoms with Crippen molar-refractivity contribution in [2.24, 2.45) is 0 Å². The summed E-state index contributed by atoms with van der Waals surface area (Å²) < 4.78 is 37.9. The van der Waals surface area contributed by atoms with E-state index in [-0.39, 0.29) is 6.04 Å². The maximum Gasteiger partial charge on any atom is 0.350 e. The molecule has 4 atom stereocenters. The molecule has 0 saturated carbocycles. The van der Waals surface area contributed by atoms with Gasteiger partial charge in [-0.15, -0.1) is 0 Å². The predicted molar refractivity (Wildman–Crippen MR) is 94.0 cm³/mol. The van der Waals surface area contributed by atoms with Crippen LogP contribution in [0.2, 0.25) is 0 Å². The first-order chi connectivity index (χ1) is 11.5. The molecule has 1 aliphatic heterocycles. The zero-order valence-electron chi connectivity index (χ0n) is 13.8. The highest BCUT2D eigenvalue weighted by Gasteiger charge is 2.63. The van der Waals surface area contributed by atoms with Crippen LogP contribution in [0.15, 0.2) is 59.5 Å². The number of rotatable bonds is 6. The van der Waals surface area contributed by atoms with E-state index in [1.165, 1.54) is 14.2 Å². The summed E-state index contributed by atoms with van der Waals surface area (Å²) in [5.74, 6) is -0.558. The van der Waals surface area contributed by atoms with Gasteiger partial charge in [-0.3, -0.25) is 4.57 Å². The van der Waals surface area contributed by atoms with E-state index in [4.69, 9.17) is 9.05 Å². The molecule has 24 heavy (non-hydrogen) atoms. The first kappa shape index (κ1) is 17.5. The second kappa shape index (κ2) is 6.90. The molecule has 1 fully saturated rings. The van der Waals surface area contributed by atoms with Crippen molar-refractivity contribution in [1.82, 2.24) is 4.31 Å². The summed E-state index contributed by atoms with van der Waals surface area (Å²) in [5.41, 5.74) is 2.04. The number of aryl methyl sites for hydroxylation is 1. The van der Waals surface area contributed by atoms with Crippen molar-refractivity contribution < 1.29 is 17.8 Å². The molecule has 7 heteroatoms. The maximum absolute atomic E-state index is 13.0. The van der Waals surface area contributed by atoms with E-state index in [0.29, 0.717) is 4.90 Å². The van der Waals surface area contributed by atoms with Crippen LogP contribution in [0, 0.1) is 6.92 Å². The molecule has 0 bridgehead atoms. The zero-order chi connectivity index (χ0) is 17.3. The molecule has 128 valence electrons. The molecular formula is C17H20NO4PS. The molecule has 2 unspecified atom stereocenters. The highest BCUT2D eigenvalue weighted by atomic mass is 32.2. The number of benzene rings is 2. The summed E-state index contributed by atoms with van der Waals surface area (Å²) >= 11 is 0. The summed E-state index contributed by atoms with van der Waals surface area (Å²) in [6, 6.07) is 16.8. The Balaban J connectivity index is 1.96. The van der Waals surface area contributed by atoms with Crippen LogP contribution in [0.4, 0.5) is 0 Å². The summed E-state index contributed by atoms with van der Waals surface area (Å²) in [6.45, 7) is 1.98. The fraction of sp³-hybridized carbons (Fsp3) is 0.294. The lowest BCUT2D eigenvalue weighted by Crippen LogP contribution is -2.09. The quantitative estimate of drug-likeness (QED) is 0.576. The lowest BCUT2D eigenvalue weighted by atomic mass is 10.2. The zero-order valence-corrected chi connectivity index (χ0v) is 15.5. The maximum atomic E-state index is 13.0. The van der Waals surface area contributed by atoms with Crippen molar-refractivity contribution in [2.75, 3.05) is 14.2 Å². The van der Waals surface area contributed by atoms with E-state index in [9.17, 15) is 8.77 Å². The van der Waals surface area contributed by atoms with Gasteiger partial charge in [-0.1, -0.05) is 48.0 Å². The molecule has 2 aromatic rings. The van der Waals surface area contributed by atoms with Crippen LogP contribution >= 0.6 is 7.60 Å². The second-order valence-electron chi connectivity index (χ2n) is 5.60. The molecule has 0 N–H and O–H groups in total. The monoisotopic (exact) mass is 365 g/mol. The molecule has 1 saturated heterocycles. The Morgan fingerprint density at radius 1 is 1.00 bits per heavy atom. The van der Waals surface area contributed by atoms with Crippen LogP contribution in [0.3, 0.4) is 0 Å². The molecule has 0 spiro atoms. The Morgan fingerprint density at radius 2 is 1.58 bits per heavy atom. The van der Waals surface area contributed by atoms with Crippen LogP contribution in [0.25, 0.3) is 0 Å². The fourth-order valence-corrected chi connectivity index (χ4v) is 6.34. The Bertz CT molecular complexity index is 773. The first-order valence-corrected chi connectivity index (χ1v) is 10.3.